The second-order valence-electron chi connectivity index (χ2n) is 1.35. The first-order valence-electron chi connectivity index (χ1n) is 2.17. The summed E-state index contributed by atoms with van der Waals surface area (Å²) in [7, 11) is 0. The fraction of sp³-hybridized carbons (Fsp3) is 0.750. The molecule has 7 heavy (non-hydrogen) atoms. The van der Waals surface area contributed by atoms with E-state index in [1.165, 1.54) is 0 Å². The summed E-state index contributed by atoms with van der Waals surface area (Å²) in [6.45, 7) is 0.557. The van der Waals surface area contributed by atoms with Crippen LogP contribution in [0.15, 0.2) is 4.99 Å². The third kappa shape index (κ3) is 1.14. The van der Waals surface area contributed by atoms with Gasteiger partial charge < -0.3 is 4.74 Å². The van der Waals surface area contributed by atoms with Crippen molar-refractivity contribution in [3.05, 3.63) is 0 Å². The van der Waals surface area contributed by atoms with E-state index in [2.05, 4.69) is 9.73 Å². The first-order valence-corrected chi connectivity index (χ1v) is 2.17. The monoisotopic (exact) mass is 103 g/mol. The highest BCUT2D eigenvalue weighted by Gasteiger charge is 2.06. The maximum absolute atomic E-state index is 11.9. The van der Waals surface area contributed by atoms with E-state index in [0.717, 1.165) is 6.40 Å². The van der Waals surface area contributed by atoms with Gasteiger partial charge in [0.05, 0.1) is 0 Å². The molecule has 0 saturated heterocycles. The second-order valence-corrected chi connectivity index (χ2v) is 1.35. The van der Waals surface area contributed by atoms with Gasteiger partial charge in [-0.2, -0.15) is 0 Å². The summed E-state index contributed by atoms with van der Waals surface area (Å²) >= 11 is 0. The van der Waals surface area contributed by atoms with Crippen molar-refractivity contribution >= 4 is 6.40 Å². The van der Waals surface area contributed by atoms with Crippen molar-refractivity contribution in [1.29, 1.82) is 0 Å². The summed E-state index contributed by atoms with van der Waals surface area (Å²) < 4.78 is 16.2. The van der Waals surface area contributed by atoms with Gasteiger partial charge in [0, 0.05) is 13.0 Å². The Labute approximate surface area is 41.0 Å². The van der Waals surface area contributed by atoms with Crippen LogP contribution in [0, 0.1) is 0 Å². The smallest absolute Gasteiger partial charge is 0.241 e. The standard InChI is InChI=1S/C4H6FNO/c5-4-1-2-6-3-7-4/h3-4H,1-2H2. The molecule has 0 N–H and O–H groups in total. The predicted molar refractivity (Wildman–Crippen MR) is 24.0 cm³/mol. The van der Waals surface area contributed by atoms with Gasteiger partial charge in [-0.1, -0.05) is 0 Å². The number of alkyl halides is 1. The van der Waals surface area contributed by atoms with Gasteiger partial charge in [-0.25, -0.2) is 4.39 Å². The molecule has 0 bridgehead atoms. The quantitative estimate of drug-likeness (QED) is 0.443. The van der Waals surface area contributed by atoms with E-state index in [1.807, 2.05) is 0 Å². The van der Waals surface area contributed by atoms with Crippen molar-refractivity contribution in [1.82, 2.24) is 0 Å². The minimum Gasteiger partial charge on any atom is -0.450 e. The summed E-state index contributed by atoms with van der Waals surface area (Å²) in [5.41, 5.74) is 0. The molecule has 1 aliphatic rings. The maximum atomic E-state index is 11.9. The summed E-state index contributed by atoms with van der Waals surface area (Å²) in [6, 6.07) is 0. The lowest BCUT2D eigenvalue weighted by Gasteiger charge is -2.08. The van der Waals surface area contributed by atoms with Crippen LogP contribution in [0.4, 0.5) is 4.39 Å². The molecular formula is C4H6FNO. The number of ether oxygens (including phenoxy) is 1. The van der Waals surface area contributed by atoms with Crippen molar-refractivity contribution in [2.45, 2.75) is 12.8 Å². The minimum atomic E-state index is -1.11. The van der Waals surface area contributed by atoms with Gasteiger partial charge in [-0.3, -0.25) is 4.99 Å². The molecule has 0 spiro atoms. The third-order valence-electron chi connectivity index (χ3n) is 0.768. The van der Waals surface area contributed by atoms with Crippen molar-refractivity contribution in [2.24, 2.45) is 4.99 Å². The van der Waals surface area contributed by atoms with Gasteiger partial charge >= 0.3 is 0 Å². The number of hydrogen-bond donors (Lipinski definition) is 0. The third-order valence-corrected chi connectivity index (χ3v) is 0.768. The Morgan fingerprint density at radius 1 is 1.86 bits per heavy atom. The minimum absolute atomic E-state index is 0.399. The Morgan fingerprint density at radius 2 is 2.71 bits per heavy atom. The number of rotatable bonds is 0. The van der Waals surface area contributed by atoms with Crippen LogP contribution < -0.4 is 0 Å². The summed E-state index contributed by atoms with van der Waals surface area (Å²) in [5.74, 6) is 0. The molecule has 1 aliphatic heterocycles. The molecular weight excluding hydrogens is 97.0 g/mol. The van der Waals surface area contributed by atoms with Gasteiger partial charge in [-0.15, -0.1) is 0 Å². The van der Waals surface area contributed by atoms with Crippen LogP contribution >= 0.6 is 0 Å². The molecule has 0 amide bonds. The second kappa shape index (κ2) is 1.91. The first kappa shape index (κ1) is 4.56. The summed E-state index contributed by atoms with van der Waals surface area (Å²) in [5, 5.41) is 0. The molecule has 1 rings (SSSR count). The van der Waals surface area contributed by atoms with E-state index >= 15 is 0 Å². The van der Waals surface area contributed by atoms with Crippen molar-refractivity contribution in [2.75, 3.05) is 6.54 Å². The van der Waals surface area contributed by atoms with Crippen LogP contribution in [0.25, 0.3) is 0 Å². The molecule has 40 valence electrons. The van der Waals surface area contributed by atoms with E-state index in [4.69, 9.17) is 0 Å². The molecule has 0 radical (unpaired) electrons. The van der Waals surface area contributed by atoms with Crippen LogP contribution in [-0.4, -0.2) is 19.3 Å². The van der Waals surface area contributed by atoms with E-state index in [1.54, 1.807) is 0 Å². The molecule has 0 aromatic carbocycles. The highest BCUT2D eigenvalue weighted by atomic mass is 19.1. The summed E-state index contributed by atoms with van der Waals surface area (Å²) in [4.78, 5) is 3.64. The van der Waals surface area contributed by atoms with E-state index in [9.17, 15) is 4.39 Å². The molecule has 2 nitrogen and oxygen atoms in total. The fourth-order valence-electron chi connectivity index (χ4n) is 0.406. The zero-order chi connectivity index (χ0) is 5.11. The number of halogens is 1. The van der Waals surface area contributed by atoms with Gasteiger partial charge in [0.25, 0.3) is 0 Å². The fourth-order valence-corrected chi connectivity index (χ4v) is 0.406. The Kier molecular flexibility index (Phi) is 1.24. The Morgan fingerprint density at radius 3 is 3.00 bits per heavy atom. The average Bonchev–Trinajstić information content (AvgIpc) is 1.69. The van der Waals surface area contributed by atoms with Crippen LogP contribution in [0.5, 0.6) is 0 Å². The van der Waals surface area contributed by atoms with Crippen LogP contribution in [0.1, 0.15) is 6.42 Å². The SMILES string of the molecule is FC1CCN=CO1. The van der Waals surface area contributed by atoms with Gasteiger partial charge in [-0.05, 0) is 0 Å². The molecule has 3 heteroatoms. The Hall–Kier alpha value is -0.600. The molecule has 1 unspecified atom stereocenters. The highest BCUT2D eigenvalue weighted by Crippen LogP contribution is 2.01. The molecule has 0 fully saturated rings. The Bertz CT molecular complexity index is 83.8. The zero-order valence-corrected chi connectivity index (χ0v) is 3.80. The predicted octanol–water partition coefficient (Wildman–Crippen LogP) is 0.731. The van der Waals surface area contributed by atoms with Crippen molar-refractivity contribution < 1.29 is 9.13 Å². The number of aliphatic imine (C=N–C) groups is 1. The van der Waals surface area contributed by atoms with Crippen LogP contribution in [0.3, 0.4) is 0 Å². The Balaban J connectivity index is 2.32. The zero-order valence-electron chi connectivity index (χ0n) is 3.80. The van der Waals surface area contributed by atoms with E-state index < -0.39 is 6.36 Å². The first-order chi connectivity index (χ1) is 3.39. The maximum Gasteiger partial charge on any atom is 0.241 e. The molecule has 1 heterocycles. The van der Waals surface area contributed by atoms with Crippen LogP contribution in [0.2, 0.25) is 0 Å². The molecule has 0 aromatic rings. The lowest BCUT2D eigenvalue weighted by atomic mass is 10.4. The number of nitrogens with zero attached hydrogens (tertiary/aromatic N) is 1. The van der Waals surface area contributed by atoms with E-state index in [0.29, 0.717) is 13.0 Å². The van der Waals surface area contributed by atoms with Crippen molar-refractivity contribution in [3.63, 3.8) is 0 Å². The van der Waals surface area contributed by atoms with Gasteiger partial charge in [0.1, 0.15) is 0 Å². The summed E-state index contributed by atoms with van der Waals surface area (Å²) in [6.07, 6.45) is 0.447. The largest absolute Gasteiger partial charge is 0.450 e. The highest BCUT2D eigenvalue weighted by molar-refractivity contribution is 5.47. The van der Waals surface area contributed by atoms with Crippen molar-refractivity contribution in [3.8, 4) is 0 Å². The van der Waals surface area contributed by atoms with Gasteiger partial charge in [0.15, 0.2) is 6.40 Å². The number of hydrogen-bond acceptors (Lipinski definition) is 2. The lowest BCUT2D eigenvalue weighted by molar-refractivity contribution is 0.0482. The molecule has 0 aromatic heterocycles. The average molecular weight is 103 g/mol. The normalized spacial score (nSPS) is 29.6. The van der Waals surface area contributed by atoms with Gasteiger partial charge in [0.2, 0.25) is 6.36 Å². The topological polar surface area (TPSA) is 21.6 Å². The van der Waals surface area contributed by atoms with E-state index in [-0.39, 0.29) is 0 Å². The molecule has 0 saturated carbocycles. The lowest BCUT2D eigenvalue weighted by Crippen LogP contribution is -2.11. The van der Waals surface area contributed by atoms with Crippen LogP contribution in [-0.2, 0) is 4.74 Å². The molecule has 1 atom stereocenters. The molecule has 0 aliphatic carbocycles.